The molecule has 1 aromatic carbocycles. The van der Waals surface area contributed by atoms with Gasteiger partial charge < -0.3 is 20.3 Å². The molecule has 5 nitrogen and oxygen atoms in total. The Hall–Kier alpha value is -1.43. The van der Waals surface area contributed by atoms with Gasteiger partial charge in [0.25, 0.3) is 0 Å². The van der Waals surface area contributed by atoms with Crippen molar-refractivity contribution in [1.82, 2.24) is 15.5 Å². The Bertz CT molecular complexity index is 419. The number of benzene rings is 1. The second-order valence-electron chi connectivity index (χ2n) is 5.50. The smallest absolute Gasteiger partial charge is 0.221 e. The predicted molar refractivity (Wildman–Crippen MR) is 83.0 cm³/mol. The maximum Gasteiger partial charge on any atom is 0.221 e. The number of rotatable bonds is 7. The first-order chi connectivity index (χ1) is 10.2. The summed E-state index contributed by atoms with van der Waals surface area (Å²) in [7, 11) is 2.07. The summed E-state index contributed by atoms with van der Waals surface area (Å²) in [6.45, 7) is 4.61. The second kappa shape index (κ2) is 8.77. The number of hydrogen-bond acceptors (Lipinski definition) is 4. The fourth-order valence-electron chi connectivity index (χ4n) is 2.41. The van der Waals surface area contributed by atoms with Gasteiger partial charge in [-0.3, -0.25) is 4.79 Å². The third kappa shape index (κ3) is 6.25. The summed E-state index contributed by atoms with van der Waals surface area (Å²) in [4.78, 5) is 14.0. The molecule has 5 heteroatoms. The van der Waals surface area contributed by atoms with Crippen LogP contribution >= 0.6 is 0 Å². The summed E-state index contributed by atoms with van der Waals surface area (Å²) in [6, 6.07) is 10.5. The summed E-state index contributed by atoms with van der Waals surface area (Å²) in [5, 5.41) is 6.26. The average molecular weight is 291 g/mol. The first-order valence-corrected chi connectivity index (χ1v) is 7.54. The Balaban J connectivity index is 1.58. The van der Waals surface area contributed by atoms with Crippen LogP contribution in [0.5, 0.6) is 0 Å². The predicted octanol–water partition coefficient (Wildman–Crippen LogP) is 0.613. The first-order valence-electron chi connectivity index (χ1n) is 7.54. The van der Waals surface area contributed by atoms with E-state index in [2.05, 4.69) is 34.7 Å². The topological polar surface area (TPSA) is 53.6 Å². The first kappa shape index (κ1) is 15.9. The monoisotopic (exact) mass is 291 g/mol. The summed E-state index contributed by atoms with van der Waals surface area (Å²) in [5.41, 5.74) is 1.29. The van der Waals surface area contributed by atoms with Gasteiger partial charge in [0.1, 0.15) is 0 Å². The molecule has 1 unspecified atom stereocenters. The summed E-state index contributed by atoms with van der Waals surface area (Å²) in [5.74, 6) is 0.0890. The third-order valence-corrected chi connectivity index (χ3v) is 3.54. The number of carbonyl (C=O) groups excluding carboxylic acids is 1. The van der Waals surface area contributed by atoms with E-state index >= 15 is 0 Å². The Morgan fingerprint density at radius 2 is 2.24 bits per heavy atom. The molecular formula is C16H25N3O2. The van der Waals surface area contributed by atoms with Crippen LogP contribution in [-0.2, 0) is 16.1 Å². The number of nitrogens with one attached hydrogen (secondary N) is 2. The van der Waals surface area contributed by atoms with Crippen LogP contribution in [0.2, 0.25) is 0 Å². The number of likely N-dealkylation sites (N-methyl/N-ethyl adjacent to an activating group) is 1. The minimum Gasteiger partial charge on any atom is -0.378 e. The number of amides is 1. The van der Waals surface area contributed by atoms with Crippen LogP contribution in [0.3, 0.4) is 0 Å². The van der Waals surface area contributed by atoms with Gasteiger partial charge in [-0.15, -0.1) is 0 Å². The molecule has 0 aromatic heterocycles. The molecule has 0 bridgehead atoms. The molecule has 2 N–H and O–H groups in total. The number of morpholine rings is 1. The van der Waals surface area contributed by atoms with E-state index in [1.165, 1.54) is 5.56 Å². The fourth-order valence-corrected chi connectivity index (χ4v) is 2.41. The van der Waals surface area contributed by atoms with Crippen molar-refractivity contribution in [3.8, 4) is 0 Å². The molecule has 1 fully saturated rings. The fraction of sp³-hybridized carbons (Fsp3) is 0.562. The van der Waals surface area contributed by atoms with Crippen molar-refractivity contribution in [3.63, 3.8) is 0 Å². The Morgan fingerprint density at radius 1 is 1.43 bits per heavy atom. The van der Waals surface area contributed by atoms with Crippen molar-refractivity contribution in [1.29, 1.82) is 0 Å². The highest BCUT2D eigenvalue weighted by molar-refractivity contribution is 5.76. The van der Waals surface area contributed by atoms with Gasteiger partial charge in [-0.05, 0) is 12.6 Å². The van der Waals surface area contributed by atoms with E-state index in [0.717, 1.165) is 26.2 Å². The largest absolute Gasteiger partial charge is 0.378 e. The van der Waals surface area contributed by atoms with Gasteiger partial charge in [-0.2, -0.15) is 0 Å². The van der Waals surface area contributed by atoms with E-state index in [1.807, 2.05) is 18.2 Å². The molecule has 1 atom stereocenters. The highest BCUT2D eigenvalue weighted by Gasteiger charge is 2.16. The van der Waals surface area contributed by atoms with Crippen LogP contribution in [-0.4, -0.2) is 56.7 Å². The molecule has 116 valence electrons. The van der Waals surface area contributed by atoms with Gasteiger partial charge in [-0.25, -0.2) is 0 Å². The summed E-state index contributed by atoms with van der Waals surface area (Å²) < 4.78 is 5.34. The zero-order chi connectivity index (χ0) is 14.9. The molecule has 21 heavy (non-hydrogen) atoms. The molecule has 1 aliphatic rings. The second-order valence-corrected chi connectivity index (χ2v) is 5.50. The Kier molecular flexibility index (Phi) is 6.66. The molecule has 1 heterocycles. The van der Waals surface area contributed by atoms with Crippen LogP contribution in [0.25, 0.3) is 0 Å². The Morgan fingerprint density at radius 3 is 2.95 bits per heavy atom. The van der Waals surface area contributed by atoms with Crippen molar-refractivity contribution in [2.75, 3.05) is 39.9 Å². The molecule has 1 aromatic rings. The summed E-state index contributed by atoms with van der Waals surface area (Å²) >= 11 is 0. The maximum atomic E-state index is 11.8. The third-order valence-electron chi connectivity index (χ3n) is 3.54. The van der Waals surface area contributed by atoms with Gasteiger partial charge in [0.2, 0.25) is 5.91 Å². The van der Waals surface area contributed by atoms with Gasteiger partial charge in [-0.1, -0.05) is 30.3 Å². The normalized spacial score (nSPS) is 18.7. The lowest BCUT2D eigenvalue weighted by atomic mass is 10.2. The lowest BCUT2D eigenvalue weighted by molar-refractivity contribution is -0.122. The SMILES string of the molecule is CN(CCNC(=O)CC1COCCN1)Cc1ccccc1. The standard InChI is InChI=1S/C16H25N3O2/c1-19(12-14-5-3-2-4-6-14)9-7-18-16(20)11-15-13-21-10-8-17-15/h2-6,15,17H,7-13H2,1H3,(H,18,20). The van der Waals surface area contributed by atoms with Crippen molar-refractivity contribution >= 4 is 5.91 Å². The van der Waals surface area contributed by atoms with E-state index in [4.69, 9.17) is 4.74 Å². The van der Waals surface area contributed by atoms with Crippen molar-refractivity contribution in [2.24, 2.45) is 0 Å². The molecular weight excluding hydrogens is 266 g/mol. The Labute approximate surface area is 126 Å². The molecule has 1 saturated heterocycles. The molecule has 0 saturated carbocycles. The highest BCUT2D eigenvalue weighted by Crippen LogP contribution is 2.02. The van der Waals surface area contributed by atoms with Crippen molar-refractivity contribution < 1.29 is 9.53 Å². The molecule has 1 aliphatic heterocycles. The molecule has 0 aliphatic carbocycles. The van der Waals surface area contributed by atoms with Crippen LogP contribution in [0.15, 0.2) is 30.3 Å². The van der Waals surface area contributed by atoms with Crippen LogP contribution < -0.4 is 10.6 Å². The zero-order valence-electron chi connectivity index (χ0n) is 12.7. The van der Waals surface area contributed by atoms with E-state index < -0.39 is 0 Å². The van der Waals surface area contributed by atoms with Crippen LogP contribution in [0, 0.1) is 0 Å². The van der Waals surface area contributed by atoms with Crippen molar-refractivity contribution in [2.45, 2.75) is 19.0 Å². The number of hydrogen-bond donors (Lipinski definition) is 2. The van der Waals surface area contributed by atoms with Crippen LogP contribution in [0.1, 0.15) is 12.0 Å². The molecule has 2 rings (SSSR count). The maximum absolute atomic E-state index is 11.8. The van der Waals surface area contributed by atoms with E-state index in [0.29, 0.717) is 19.6 Å². The quantitative estimate of drug-likeness (QED) is 0.773. The van der Waals surface area contributed by atoms with Crippen LogP contribution in [0.4, 0.5) is 0 Å². The van der Waals surface area contributed by atoms with E-state index in [1.54, 1.807) is 0 Å². The molecule has 1 amide bonds. The minimum absolute atomic E-state index is 0.0890. The average Bonchev–Trinajstić information content (AvgIpc) is 2.49. The van der Waals surface area contributed by atoms with Crippen molar-refractivity contribution in [3.05, 3.63) is 35.9 Å². The lowest BCUT2D eigenvalue weighted by Crippen LogP contribution is -2.44. The highest BCUT2D eigenvalue weighted by atomic mass is 16.5. The zero-order valence-corrected chi connectivity index (χ0v) is 12.7. The van der Waals surface area contributed by atoms with Gasteiger partial charge in [0.15, 0.2) is 0 Å². The van der Waals surface area contributed by atoms with Gasteiger partial charge in [0, 0.05) is 38.6 Å². The molecule has 0 radical (unpaired) electrons. The van der Waals surface area contributed by atoms with E-state index in [-0.39, 0.29) is 11.9 Å². The summed E-state index contributed by atoms with van der Waals surface area (Å²) in [6.07, 6.45) is 0.488. The number of ether oxygens (including phenoxy) is 1. The minimum atomic E-state index is 0.0890. The molecule has 0 spiro atoms. The van der Waals surface area contributed by atoms with E-state index in [9.17, 15) is 4.79 Å². The lowest BCUT2D eigenvalue weighted by Gasteiger charge is -2.23. The van der Waals surface area contributed by atoms with Gasteiger partial charge in [0.05, 0.1) is 13.2 Å². The number of carbonyl (C=O) groups is 1. The van der Waals surface area contributed by atoms with Gasteiger partial charge >= 0.3 is 0 Å². The number of nitrogens with zero attached hydrogens (tertiary/aromatic N) is 1.